The quantitative estimate of drug-likeness (QED) is 0.133. The summed E-state index contributed by atoms with van der Waals surface area (Å²) < 4.78 is 20.3. The van der Waals surface area contributed by atoms with Crippen LogP contribution in [-0.2, 0) is 38.1 Å². The Morgan fingerprint density at radius 1 is 0.800 bits per heavy atom. The van der Waals surface area contributed by atoms with Gasteiger partial charge in [0.15, 0.2) is 0 Å². The lowest BCUT2D eigenvalue weighted by molar-refractivity contribution is -0.142. The Labute approximate surface area is 237 Å². The Morgan fingerprint density at radius 3 is 1.90 bits per heavy atom. The zero-order valence-corrected chi connectivity index (χ0v) is 24.3. The molecule has 0 radical (unpaired) electrons. The zero-order valence-electron chi connectivity index (χ0n) is 23.4. The van der Waals surface area contributed by atoms with Gasteiger partial charge in [-0.05, 0) is 54.7 Å². The van der Waals surface area contributed by atoms with Crippen molar-refractivity contribution in [3.05, 3.63) is 108 Å². The van der Waals surface area contributed by atoms with E-state index in [0.717, 1.165) is 24.0 Å². The Bertz CT molecular complexity index is 1220. The van der Waals surface area contributed by atoms with Gasteiger partial charge < -0.3 is 14.9 Å². The van der Waals surface area contributed by atoms with Gasteiger partial charge in [-0.25, -0.2) is 9.88 Å². The lowest BCUT2D eigenvalue weighted by atomic mass is 10.0. The summed E-state index contributed by atoms with van der Waals surface area (Å²) in [6.07, 6.45) is 3.08. The number of unbranched alkanes of at least 4 members (excludes halogenated alkanes) is 1. The van der Waals surface area contributed by atoms with Crippen molar-refractivity contribution in [2.75, 3.05) is 6.16 Å². The third-order valence-corrected chi connectivity index (χ3v) is 8.72. The average Bonchev–Trinajstić information content (AvgIpc) is 2.95. The van der Waals surface area contributed by atoms with Crippen LogP contribution in [0.5, 0.6) is 0 Å². The number of aliphatic carboxylic acids is 1. The third-order valence-electron chi connectivity index (χ3n) is 6.57. The van der Waals surface area contributed by atoms with Crippen molar-refractivity contribution < 1.29 is 23.8 Å². The summed E-state index contributed by atoms with van der Waals surface area (Å²) >= 11 is 0. The zero-order chi connectivity index (χ0) is 28.8. The number of amides is 1. The molecule has 3 rings (SSSR count). The molecule has 0 spiro atoms. The summed E-state index contributed by atoms with van der Waals surface area (Å²) in [6.45, 7) is 3.94. The van der Waals surface area contributed by atoms with E-state index in [1.807, 2.05) is 92.7 Å². The first kappa shape index (κ1) is 31.3. The molecule has 0 saturated heterocycles. The summed E-state index contributed by atoms with van der Waals surface area (Å²) in [7, 11) is -3.51. The Balaban J connectivity index is 1.79. The summed E-state index contributed by atoms with van der Waals surface area (Å²) in [4.78, 5) is 25.4. The predicted molar refractivity (Wildman–Crippen MR) is 159 cm³/mol. The first-order valence-corrected chi connectivity index (χ1v) is 15.7. The molecule has 1 unspecified atom stereocenters. The van der Waals surface area contributed by atoms with Gasteiger partial charge in [-0.2, -0.15) is 0 Å². The van der Waals surface area contributed by atoms with Crippen molar-refractivity contribution in [2.24, 2.45) is 5.92 Å². The van der Waals surface area contributed by atoms with Crippen LogP contribution in [0.1, 0.15) is 49.8 Å². The monoisotopic (exact) mass is 564 g/mol. The second-order valence-corrected chi connectivity index (χ2v) is 12.8. The number of carboxylic acids is 1. The number of carbonyl (C=O) groups is 2. The number of hydrogen-bond donors (Lipinski definition) is 3. The number of hydrogen-bond acceptors (Lipinski definition) is 4. The van der Waals surface area contributed by atoms with E-state index >= 15 is 0 Å². The van der Waals surface area contributed by atoms with E-state index < -0.39 is 31.5 Å². The lowest BCUT2D eigenvalue weighted by Gasteiger charge is -2.27. The van der Waals surface area contributed by atoms with Crippen molar-refractivity contribution in [1.29, 1.82) is 0 Å². The van der Waals surface area contributed by atoms with Gasteiger partial charge in [-0.1, -0.05) is 105 Å². The van der Waals surface area contributed by atoms with Crippen molar-refractivity contribution >= 4 is 19.4 Å². The maximum atomic E-state index is 14.3. The molecule has 8 heteroatoms. The predicted octanol–water partition coefficient (Wildman–Crippen LogP) is 6.24. The topological polar surface area (TPSA) is 105 Å². The molecule has 40 heavy (non-hydrogen) atoms. The van der Waals surface area contributed by atoms with Gasteiger partial charge in [-0.15, -0.1) is 0 Å². The van der Waals surface area contributed by atoms with E-state index in [4.69, 9.17) is 4.52 Å². The van der Waals surface area contributed by atoms with Gasteiger partial charge in [0.1, 0.15) is 6.04 Å². The second kappa shape index (κ2) is 16.1. The van der Waals surface area contributed by atoms with E-state index in [2.05, 4.69) is 22.5 Å². The van der Waals surface area contributed by atoms with Gasteiger partial charge in [0, 0.05) is 6.16 Å². The molecule has 3 N–H and O–H groups in total. The molecule has 0 heterocycles. The number of nitrogens with one attached hydrogen (secondary N) is 2. The number of carbonyl (C=O) groups excluding carboxylic acids is 1. The van der Waals surface area contributed by atoms with Crippen LogP contribution in [0.2, 0.25) is 0 Å². The molecule has 0 saturated carbocycles. The molecule has 1 amide bonds. The van der Waals surface area contributed by atoms with Crippen LogP contribution >= 0.6 is 7.52 Å². The molecule has 3 aromatic rings. The van der Waals surface area contributed by atoms with Crippen molar-refractivity contribution in [3.63, 3.8) is 0 Å². The van der Waals surface area contributed by atoms with E-state index in [1.54, 1.807) is 0 Å². The number of rotatable bonds is 17. The minimum absolute atomic E-state index is 0.0758. The largest absolute Gasteiger partial charge is 0.480 e. The van der Waals surface area contributed by atoms with Crippen LogP contribution in [0.15, 0.2) is 91.0 Å². The molecular weight excluding hydrogens is 523 g/mol. The van der Waals surface area contributed by atoms with Gasteiger partial charge in [0.05, 0.1) is 12.6 Å². The van der Waals surface area contributed by atoms with Crippen LogP contribution in [0.3, 0.4) is 0 Å². The van der Waals surface area contributed by atoms with Crippen LogP contribution in [0, 0.1) is 5.92 Å². The number of carboxylic acid groups (broad SMARTS) is 1. The van der Waals surface area contributed by atoms with E-state index in [0.29, 0.717) is 12.8 Å². The Hall–Kier alpha value is -3.25. The maximum absolute atomic E-state index is 14.3. The lowest BCUT2D eigenvalue weighted by Crippen LogP contribution is -2.51. The number of aryl methyl sites for hydroxylation is 1. The molecule has 0 aromatic heterocycles. The summed E-state index contributed by atoms with van der Waals surface area (Å²) in [6, 6.07) is 27.0. The molecule has 214 valence electrons. The highest BCUT2D eigenvalue weighted by Gasteiger charge is 2.33. The first-order valence-electron chi connectivity index (χ1n) is 13.9. The fourth-order valence-electron chi connectivity index (χ4n) is 4.46. The van der Waals surface area contributed by atoms with Crippen LogP contribution in [-0.4, -0.2) is 35.2 Å². The SMILES string of the molecule is CC(C)C[C@H](NC(=O)[C@H](Cc1ccccc1)NP(=O)(CCCCc1ccccc1)OCc1ccccc1)C(=O)O. The highest BCUT2D eigenvalue weighted by molar-refractivity contribution is 7.56. The fourth-order valence-corrected chi connectivity index (χ4v) is 6.48. The first-order chi connectivity index (χ1) is 19.2. The summed E-state index contributed by atoms with van der Waals surface area (Å²) in [5.41, 5.74) is 2.95. The van der Waals surface area contributed by atoms with Gasteiger partial charge in [0.25, 0.3) is 7.52 Å². The Morgan fingerprint density at radius 2 is 1.35 bits per heavy atom. The second-order valence-electron chi connectivity index (χ2n) is 10.5. The maximum Gasteiger partial charge on any atom is 0.326 e. The van der Waals surface area contributed by atoms with Crippen LogP contribution < -0.4 is 10.4 Å². The summed E-state index contributed by atoms with van der Waals surface area (Å²) in [5.74, 6) is -1.53. The van der Waals surface area contributed by atoms with Gasteiger partial charge >= 0.3 is 5.97 Å². The highest BCUT2D eigenvalue weighted by atomic mass is 31.2. The molecule has 7 nitrogen and oxygen atoms in total. The van der Waals surface area contributed by atoms with E-state index in [9.17, 15) is 19.3 Å². The third kappa shape index (κ3) is 11.1. The molecule has 3 atom stereocenters. The molecular formula is C32H41N2O5P. The Kier molecular flexibility index (Phi) is 12.6. The molecule has 0 aliphatic rings. The normalized spacial score (nSPS) is 14.3. The van der Waals surface area contributed by atoms with Crippen molar-refractivity contribution in [2.45, 2.75) is 64.6 Å². The smallest absolute Gasteiger partial charge is 0.326 e. The van der Waals surface area contributed by atoms with Gasteiger partial charge in [0.2, 0.25) is 5.91 Å². The van der Waals surface area contributed by atoms with E-state index in [-0.39, 0.29) is 25.1 Å². The molecule has 3 aromatic carbocycles. The summed E-state index contributed by atoms with van der Waals surface area (Å²) in [5, 5.41) is 15.5. The fraction of sp³-hybridized carbons (Fsp3) is 0.375. The minimum Gasteiger partial charge on any atom is -0.480 e. The molecule has 0 aliphatic heterocycles. The average molecular weight is 565 g/mol. The van der Waals surface area contributed by atoms with E-state index in [1.165, 1.54) is 5.56 Å². The highest BCUT2D eigenvalue weighted by Crippen LogP contribution is 2.45. The standard InChI is InChI=1S/C32H41N2O5P/c1-25(2)22-30(32(36)37)33-31(35)29(23-27-17-8-4-9-18-27)34-40(38,39-24-28-19-10-5-11-20-28)21-13-12-16-26-14-6-3-7-15-26/h3-11,14-15,17-20,25,29-30H,12-13,16,21-24H2,1-2H3,(H,33,35)(H,34,38)(H,36,37)/t29-,30-,40?/m0/s1. The van der Waals surface area contributed by atoms with Crippen molar-refractivity contribution in [1.82, 2.24) is 10.4 Å². The van der Waals surface area contributed by atoms with Crippen molar-refractivity contribution in [3.8, 4) is 0 Å². The van der Waals surface area contributed by atoms with Crippen LogP contribution in [0.4, 0.5) is 0 Å². The molecule has 0 aliphatic carbocycles. The van der Waals surface area contributed by atoms with Crippen LogP contribution in [0.25, 0.3) is 0 Å². The molecule has 0 fully saturated rings. The minimum atomic E-state index is -3.51. The number of benzene rings is 3. The van der Waals surface area contributed by atoms with Gasteiger partial charge in [-0.3, -0.25) is 9.36 Å². The molecule has 0 bridgehead atoms.